The molecule has 1 heterocycles. The van der Waals surface area contributed by atoms with Crippen molar-refractivity contribution in [2.75, 3.05) is 5.32 Å². The van der Waals surface area contributed by atoms with E-state index in [2.05, 4.69) is 15.6 Å². The van der Waals surface area contributed by atoms with Gasteiger partial charge in [-0.05, 0) is 18.2 Å². The fourth-order valence-electron chi connectivity index (χ4n) is 1.67. The number of benzene rings is 1. The van der Waals surface area contributed by atoms with Gasteiger partial charge in [-0.25, -0.2) is 4.39 Å². The van der Waals surface area contributed by atoms with Crippen molar-refractivity contribution in [2.45, 2.75) is 0 Å². The van der Waals surface area contributed by atoms with Gasteiger partial charge in [-0.15, -0.1) is 0 Å². The molecule has 0 spiro atoms. The molecule has 2 aromatic rings. The predicted octanol–water partition coefficient (Wildman–Crippen LogP) is 1.56. The lowest BCUT2D eigenvalue weighted by Gasteiger charge is -2.08. The number of nitrogens with one attached hydrogen (secondary N) is 1. The van der Waals surface area contributed by atoms with Crippen molar-refractivity contribution < 1.29 is 14.4 Å². The fourth-order valence-corrected chi connectivity index (χ4v) is 1.85. The van der Waals surface area contributed by atoms with Crippen molar-refractivity contribution in [2.24, 2.45) is 17.9 Å². The van der Waals surface area contributed by atoms with Crippen LogP contribution in [0.25, 0.3) is 0 Å². The Morgan fingerprint density at radius 3 is 2.90 bits per heavy atom. The fraction of sp³-hybridized carbons (Fsp3) is 0.0833. The van der Waals surface area contributed by atoms with Crippen molar-refractivity contribution in [1.29, 1.82) is 0 Å². The van der Waals surface area contributed by atoms with Crippen LogP contribution >= 0.6 is 11.6 Å². The minimum Gasteiger partial charge on any atom is -0.409 e. The Balaban J connectivity index is 2.36. The van der Waals surface area contributed by atoms with Crippen LogP contribution in [-0.4, -0.2) is 26.7 Å². The van der Waals surface area contributed by atoms with Gasteiger partial charge in [-0.2, -0.15) is 5.10 Å². The van der Waals surface area contributed by atoms with Crippen LogP contribution in [0, 0.1) is 5.82 Å². The van der Waals surface area contributed by atoms with Crippen LogP contribution in [0.5, 0.6) is 0 Å². The maximum absolute atomic E-state index is 13.6. The number of rotatable bonds is 3. The zero-order chi connectivity index (χ0) is 15.6. The first-order valence-electron chi connectivity index (χ1n) is 5.70. The summed E-state index contributed by atoms with van der Waals surface area (Å²) in [5.41, 5.74) is 5.45. The standard InChI is InChI=1S/C12H11ClFN5O2/c1-19-11(8(5-16-19)10(15)18-21)17-12(20)7-4-6(13)2-3-9(7)14/h2-5,21H,1H3,(H2,15,18)(H,17,20). The maximum Gasteiger partial charge on any atom is 0.259 e. The van der Waals surface area contributed by atoms with Crippen molar-refractivity contribution in [3.8, 4) is 0 Å². The Kier molecular flexibility index (Phi) is 4.08. The number of amidine groups is 1. The van der Waals surface area contributed by atoms with Crippen LogP contribution in [0.15, 0.2) is 29.6 Å². The molecule has 0 bridgehead atoms. The van der Waals surface area contributed by atoms with Crippen LogP contribution in [-0.2, 0) is 7.05 Å². The van der Waals surface area contributed by atoms with Crippen molar-refractivity contribution in [1.82, 2.24) is 9.78 Å². The van der Waals surface area contributed by atoms with Gasteiger partial charge >= 0.3 is 0 Å². The molecular weight excluding hydrogens is 301 g/mol. The highest BCUT2D eigenvalue weighted by molar-refractivity contribution is 6.31. The average molecular weight is 312 g/mol. The lowest BCUT2D eigenvalue weighted by Crippen LogP contribution is -2.20. The third kappa shape index (κ3) is 2.95. The first kappa shape index (κ1) is 14.8. The number of aryl methyl sites for hydroxylation is 1. The summed E-state index contributed by atoms with van der Waals surface area (Å²) in [5.74, 6) is -1.52. The topological polar surface area (TPSA) is 106 Å². The van der Waals surface area contributed by atoms with Gasteiger partial charge in [0.15, 0.2) is 5.84 Å². The molecule has 21 heavy (non-hydrogen) atoms. The summed E-state index contributed by atoms with van der Waals surface area (Å²) in [6, 6.07) is 3.62. The number of oxime groups is 1. The molecular formula is C12H11ClFN5O2. The van der Waals surface area contributed by atoms with Gasteiger partial charge in [0.1, 0.15) is 11.6 Å². The molecule has 1 aromatic carbocycles. The molecule has 0 saturated carbocycles. The predicted molar refractivity (Wildman–Crippen MR) is 75.1 cm³/mol. The summed E-state index contributed by atoms with van der Waals surface area (Å²) in [6.45, 7) is 0. The van der Waals surface area contributed by atoms with E-state index in [0.717, 1.165) is 6.07 Å². The number of anilines is 1. The van der Waals surface area contributed by atoms with Gasteiger partial charge in [-0.3, -0.25) is 9.48 Å². The number of aromatic nitrogens is 2. The third-order valence-electron chi connectivity index (χ3n) is 2.73. The molecule has 0 aliphatic rings. The van der Waals surface area contributed by atoms with Gasteiger partial charge in [0.2, 0.25) is 0 Å². The Morgan fingerprint density at radius 1 is 1.52 bits per heavy atom. The second-order valence-corrected chi connectivity index (χ2v) is 4.53. The number of hydrogen-bond donors (Lipinski definition) is 3. The molecule has 1 amide bonds. The van der Waals surface area contributed by atoms with Gasteiger partial charge in [0, 0.05) is 12.1 Å². The molecule has 0 fully saturated rings. The van der Waals surface area contributed by atoms with Crippen molar-refractivity contribution in [3.05, 3.63) is 46.4 Å². The highest BCUT2D eigenvalue weighted by Gasteiger charge is 2.18. The highest BCUT2D eigenvalue weighted by Crippen LogP contribution is 2.19. The lowest BCUT2D eigenvalue weighted by atomic mass is 10.2. The van der Waals surface area contributed by atoms with Gasteiger partial charge in [0.05, 0.1) is 17.3 Å². The van der Waals surface area contributed by atoms with E-state index in [9.17, 15) is 9.18 Å². The molecule has 0 saturated heterocycles. The summed E-state index contributed by atoms with van der Waals surface area (Å²) >= 11 is 5.74. The van der Waals surface area contributed by atoms with Gasteiger partial charge < -0.3 is 16.3 Å². The van der Waals surface area contributed by atoms with E-state index in [-0.39, 0.29) is 27.8 Å². The zero-order valence-corrected chi connectivity index (χ0v) is 11.6. The number of nitrogens with zero attached hydrogens (tertiary/aromatic N) is 3. The summed E-state index contributed by atoms with van der Waals surface area (Å²) in [7, 11) is 1.54. The first-order chi connectivity index (χ1) is 9.93. The van der Waals surface area contributed by atoms with E-state index in [4.69, 9.17) is 22.5 Å². The van der Waals surface area contributed by atoms with Crippen LogP contribution in [0.3, 0.4) is 0 Å². The van der Waals surface area contributed by atoms with Gasteiger partial charge in [-0.1, -0.05) is 16.8 Å². The smallest absolute Gasteiger partial charge is 0.259 e. The lowest BCUT2D eigenvalue weighted by molar-refractivity contribution is 0.102. The van der Waals surface area contributed by atoms with E-state index >= 15 is 0 Å². The summed E-state index contributed by atoms with van der Waals surface area (Å²) in [4.78, 5) is 12.1. The van der Waals surface area contributed by atoms with Crippen LogP contribution in [0.4, 0.5) is 10.2 Å². The minimum absolute atomic E-state index is 0.162. The normalized spacial score (nSPS) is 11.5. The quantitative estimate of drug-likeness (QED) is 0.346. The summed E-state index contributed by atoms with van der Waals surface area (Å²) in [6.07, 6.45) is 1.30. The number of hydrogen-bond acceptors (Lipinski definition) is 4. The van der Waals surface area contributed by atoms with E-state index in [0.29, 0.717) is 0 Å². The zero-order valence-electron chi connectivity index (χ0n) is 10.8. The summed E-state index contributed by atoms with van der Waals surface area (Å²) < 4.78 is 14.9. The molecule has 0 radical (unpaired) electrons. The van der Waals surface area contributed by atoms with Crippen LogP contribution in [0.2, 0.25) is 5.02 Å². The molecule has 4 N–H and O–H groups in total. The van der Waals surface area contributed by atoms with E-state index < -0.39 is 11.7 Å². The minimum atomic E-state index is -0.731. The van der Waals surface area contributed by atoms with Crippen LogP contribution in [0.1, 0.15) is 15.9 Å². The van der Waals surface area contributed by atoms with Crippen molar-refractivity contribution >= 4 is 29.2 Å². The molecule has 2 rings (SSSR count). The molecule has 0 aliphatic carbocycles. The number of nitrogens with two attached hydrogens (primary N) is 1. The molecule has 9 heteroatoms. The first-order valence-corrected chi connectivity index (χ1v) is 6.08. The van der Waals surface area contributed by atoms with Crippen molar-refractivity contribution in [3.63, 3.8) is 0 Å². The Morgan fingerprint density at radius 2 is 2.24 bits per heavy atom. The number of amides is 1. The molecule has 0 unspecified atom stereocenters. The van der Waals surface area contributed by atoms with Crippen LogP contribution < -0.4 is 11.1 Å². The number of carbonyl (C=O) groups excluding carboxylic acids is 1. The molecule has 110 valence electrons. The highest BCUT2D eigenvalue weighted by atomic mass is 35.5. The maximum atomic E-state index is 13.6. The number of halogens is 2. The molecule has 0 aliphatic heterocycles. The number of carbonyl (C=O) groups is 1. The second kappa shape index (κ2) is 5.80. The molecule has 1 aromatic heterocycles. The van der Waals surface area contributed by atoms with E-state index in [1.54, 1.807) is 0 Å². The largest absolute Gasteiger partial charge is 0.409 e. The molecule has 0 atom stereocenters. The second-order valence-electron chi connectivity index (χ2n) is 4.09. The molecule has 7 nitrogen and oxygen atoms in total. The Bertz CT molecular complexity index is 728. The Labute approximate surface area is 123 Å². The van der Waals surface area contributed by atoms with E-state index in [1.165, 1.54) is 30.1 Å². The third-order valence-corrected chi connectivity index (χ3v) is 2.96. The Hall–Kier alpha value is -2.61. The van der Waals surface area contributed by atoms with E-state index in [1.807, 2.05) is 0 Å². The summed E-state index contributed by atoms with van der Waals surface area (Å²) in [5, 5.41) is 18.1. The SMILES string of the molecule is Cn1ncc(C(N)=NO)c1NC(=O)c1cc(Cl)ccc1F. The average Bonchev–Trinajstić information content (AvgIpc) is 2.82. The monoisotopic (exact) mass is 311 g/mol. The van der Waals surface area contributed by atoms with Gasteiger partial charge in [0.25, 0.3) is 5.91 Å².